The largest absolute Gasteiger partial charge is 0.482 e. The third kappa shape index (κ3) is 3.87. The Morgan fingerprint density at radius 3 is 2.81 bits per heavy atom. The van der Waals surface area contributed by atoms with Crippen LogP contribution in [0, 0.1) is 0 Å². The number of ether oxygens (including phenoxy) is 1. The molecular weight excluding hydrogens is 366 g/mol. The minimum Gasteiger partial charge on any atom is -0.482 e. The van der Waals surface area contributed by atoms with E-state index in [1.807, 2.05) is 0 Å². The summed E-state index contributed by atoms with van der Waals surface area (Å²) in [5.41, 5.74) is 0. The van der Waals surface area contributed by atoms with E-state index in [9.17, 15) is 14.7 Å². The van der Waals surface area contributed by atoms with Crippen LogP contribution in [0.25, 0.3) is 0 Å². The number of rotatable bonds is 4. The van der Waals surface area contributed by atoms with E-state index in [4.69, 9.17) is 21.4 Å². The molecule has 0 bridgehead atoms. The van der Waals surface area contributed by atoms with Crippen LogP contribution in [0.3, 0.4) is 0 Å². The van der Waals surface area contributed by atoms with E-state index in [-0.39, 0.29) is 19.6 Å². The number of aliphatic carboxylic acids is 1. The molecule has 2 rings (SSSR count). The van der Waals surface area contributed by atoms with Crippen LogP contribution in [0.5, 0.6) is 5.75 Å². The summed E-state index contributed by atoms with van der Waals surface area (Å²) in [6.07, 6.45) is -0.800. The molecule has 21 heavy (non-hydrogen) atoms. The molecule has 2 N–H and O–H groups in total. The Labute approximate surface area is 134 Å². The van der Waals surface area contributed by atoms with Crippen LogP contribution in [0.1, 0.15) is 6.42 Å². The van der Waals surface area contributed by atoms with E-state index in [1.165, 1.54) is 0 Å². The second-order valence-electron chi connectivity index (χ2n) is 4.65. The van der Waals surface area contributed by atoms with Gasteiger partial charge in [0.1, 0.15) is 11.8 Å². The molecule has 1 aliphatic heterocycles. The Hall–Kier alpha value is -1.31. The molecule has 1 fully saturated rings. The molecule has 8 heteroatoms. The minimum atomic E-state index is -1.14. The van der Waals surface area contributed by atoms with Crippen LogP contribution in [-0.2, 0) is 9.59 Å². The highest BCUT2D eigenvalue weighted by Gasteiger charge is 2.38. The highest BCUT2D eigenvalue weighted by molar-refractivity contribution is 9.10. The zero-order valence-electron chi connectivity index (χ0n) is 10.8. The fraction of sp³-hybridized carbons (Fsp3) is 0.385. The van der Waals surface area contributed by atoms with Crippen LogP contribution in [0.4, 0.5) is 0 Å². The number of β-amino-alcohol motifs (C(OH)–C–C–N with tert-alkyl or cyclic N) is 1. The van der Waals surface area contributed by atoms with Gasteiger partial charge in [-0.2, -0.15) is 0 Å². The molecule has 0 aliphatic carbocycles. The van der Waals surface area contributed by atoms with Gasteiger partial charge < -0.3 is 19.8 Å². The van der Waals surface area contributed by atoms with E-state index < -0.39 is 24.0 Å². The maximum atomic E-state index is 12.0. The molecule has 2 unspecified atom stereocenters. The van der Waals surface area contributed by atoms with Crippen molar-refractivity contribution in [3.8, 4) is 5.75 Å². The standard InChI is InChI=1S/C13H13BrClNO5/c14-7-1-2-11(9(15)3-7)21-6-12(18)16-5-8(17)4-10(16)13(19)20/h1-3,8,10,17H,4-6H2,(H,19,20). The van der Waals surface area contributed by atoms with Gasteiger partial charge in [0, 0.05) is 17.4 Å². The number of aliphatic hydroxyl groups is 1. The number of hydrogen-bond acceptors (Lipinski definition) is 4. The molecule has 114 valence electrons. The van der Waals surface area contributed by atoms with Crippen molar-refractivity contribution in [3.05, 3.63) is 27.7 Å². The van der Waals surface area contributed by atoms with Gasteiger partial charge in [0.15, 0.2) is 6.61 Å². The van der Waals surface area contributed by atoms with Crippen molar-refractivity contribution < 1.29 is 24.5 Å². The quantitative estimate of drug-likeness (QED) is 0.830. The van der Waals surface area contributed by atoms with E-state index in [0.29, 0.717) is 10.8 Å². The first kappa shape index (κ1) is 16.1. The first-order valence-corrected chi connectivity index (χ1v) is 7.33. The Morgan fingerprint density at radius 2 is 2.19 bits per heavy atom. The molecule has 1 aliphatic rings. The summed E-state index contributed by atoms with van der Waals surface area (Å²) in [5.74, 6) is -1.31. The van der Waals surface area contributed by atoms with Crippen molar-refractivity contribution in [2.24, 2.45) is 0 Å². The zero-order chi connectivity index (χ0) is 15.6. The second-order valence-corrected chi connectivity index (χ2v) is 5.98. The molecule has 0 spiro atoms. The number of likely N-dealkylation sites (tertiary alicyclic amines) is 1. The molecule has 0 radical (unpaired) electrons. The topological polar surface area (TPSA) is 87.1 Å². The van der Waals surface area contributed by atoms with E-state index in [2.05, 4.69) is 15.9 Å². The zero-order valence-corrected chi connectivity index (χ0v) is 13.2. The summed E-state index contributed by atoms with van der Waals surface area (Å²) in [6.45, 7) is -0.342. The number of nitrogens with zero attached hydrogens (tertiary/aromatic N) is 1. The van der Waals surface area contributed by atoms with Gasteiger partial charge in [-0.1, -0.05) is 27.5 Å². The highest BCUT2D eigenvalue weighted by Crippen LogP contribution is 2.28. The Balaban J connectivity index is 1.99. The number of benzene rings is 1. The molecule has 0 saturated carbocycles. The summed E-state index contributed by atoms with van der Waals surface area (Å²) < 4.78 is 6.09. The van der Waals surface area contributed by atoms with E-state index in [1.54, 1.807) is 18.2 Å². The number of amides is 1. The maximum absolute atomic E-state index is 12.0. The molecular formula is C13H13BrClNO5. The van der Waals surface area contributed by atoms with Gasteiger partial charge >= 0.3 is 5.97 Å². The highest BCUT2D eigenvalue weighted by atomic mass is 79.9. The van der Waals surface area contributed by atoms with Crippen LogP contribution in [0.15, 0.2) is 22.7 Å². The molecule has 0 aromatic heterocycles. The number of carbonyl (C=O) groups excluding carboxylic acids is 1. The van der Waals surface area contributed by atoms with Gasteiger partial charge in [0.2, 0.25) is 0 Å². The predicted molar refractivity (Wildman–Crippen MR) is 78.4 cm³/mol. The smallest absolute Gasteiger partial charge is 0.326 e. The normalized spacial score (nSPS) is 21.4. The summed E-state index contributed by atoms with van der Waals surface area (Å²) in [6, 6.07) is 3.93. The molecule has 2 atom stereocenters. The first-order valence-electron chi connectivity index (χ1n) is 6.16. The van der Waals surface area contributed by atoms with Crippen molar-refractivity contribution in [2.75, 3.05) is 13.2 Å². The Morgan fingerprint density at radius 1 is 1.48 bits per heavy atom. The molecule has 1 heterocycles. The summed E-state index contributed by atoms with van der Waals surface area (Å²) in [7, 11) is 0. The lowest BCUT2D eigenvalue weighted by Gasteiger charge is -2.21. The Bertz CT molecular complexity index is 567. The van der Waals surface area contributed by atoms with E-state index >= 15 is 0 Å². The first-order chi connectivity index (χ1) is 9.88. The number of carboxylic acids is 1. The lowest BCUT2D eigenvalue weighted by atomic mass is 10.2. The van der Waals surface area contributed by atoms with Gasteiger partial charge in [-0.05, 0) is 18.2 Å². The molecule has 1 aromatic rings. The lowest BCUT2D eigenvalue weighted by Crippen LogP contribution is -2.42. The molecule has 1 saturated heterocycles. The van der Waals surface area contributed by atoms with Gasteiger partial charge in [0.25, 0.3) is 5.91 Å². The van der Waals surface area contributed by atoms with Gasteiger partial charge in [0.05, 0.1) is 11.1 Å². The monoisotopic (exact) mass is 377 g/mol. The predicted octanol–water partition coefficient (Wildman–Crippen LogP) is 1.53. The van der Waals surface area contributed by atoms with Crippen LogP contribution >= 0.6 is 27.5 Å². The summed E-state index contributed by atoms with van der Waals surface area (Å²) in [4.78, 5) is 24.2. The van der Waals surface area contributed by atoms with E-state index in [0.717, 1.165) is 9.37 Å². The van der Waals surface area contributed by atoms with Crippen molar-refractivity contribution in [3.63, 3.8) is 0 Å². The summed E-state index contributed by atoms with van der Waals surface area (Å²) >= 11 is 9.21. The van der Waals surface area contributed by atoms with Crippen molar-refractivity contribution in [1.29, 1.82) is 0 Å². The molecule has 6 nitrogen and oxygen atoms in total. The second kappa shape index (κ2) is 6.64. The number of hydrogen-bond donors (Lipinski definition) is 2. The van der Waals surface area contributed by atoms with Crippen LogP contribution in [-0.4, -0.2) is 52.3 Å². The molecule has 1 aromatic carbocycles. The number of aliphatic hydroxyl groups excluding tert-OH is 1. The fourth-order valence-electron chi connectivity index (χ4n) is 2.14. The van der Waals surface area contributed by atoms with Crippen LogP contribution in [0.2, 0.25) is 5.02 Å². The number of halogens is 2. The van der Waals surface area contributed by atoms with Crippen molar-refractivity contribution >= 4 is 39.4 Å². The third-order valence-electron chi connectivity index (χ3n) is 3.13. The third-order valence-corrected chi connectivity index (χ3v) is 3.92. The number of carbonyl (C=O) groups is 2. The minimum absolute atomic E-state index is 0.00672. The van der Waals surface area contributed by atoms with Gasteiger partial charge in [-0.15, -0.1) is 0 Å². The van der Waals surface area contributed by atoms with Crippen molar-refractivity contribution in [1.82, 2.24) is 4.90 Å². The fourth-order valence-corrected chi connectivity index (χ4v) is 2.87. The SMILES string of the molecule is O=C(O)C1CC(O)CN1C(=O)COc1ccc(Br)cc1Cl. The molecule has 1 amide bonds. The number of carboxylic acid groups (broad SMARTS) is 1. The van der Waals surface area contributed by atoms with Gasteiger partial charge in [-0.25, -0.2) is 4.79 Å². The lowest BCUT2D eigenvalue weighted by molar-refractivity contribution is -0.148. The van der Waals surface area contributed by atoms with Crippen molar-refractivity contribution in [2.45, 2.75) is 18.6 Å². The Kier molecular flexibility index (Phi) is 5.08. The maximum Gasteiger partial charge on any atom is 0.326 e. The summed E-state index contributed by atoms with van der Waals surface area (Å²) in [5, 5.41) is 18.9. The average Bonchev–Trinajstić information content (AvgIpc) is 2.80. The van der Waals surface area contributed by atoms with Gasteiger partial charge in [-0.3, -0.25) is 4.79 Å². The van der Waals surface area contributed by atoms with Crippen LogP contribution < -0.4 is 4.74 Å². The average molecular weight is 379 g/mol.